The Morgan fingerprint density at radius 1 is 0.265 bits per heavy atom. The Hall–Kier alpha value is -11.5. The number of hydrogen-bond donors (Lipinski definition) is 0. The van der Waals surface area contributed by atoms with Crippen molar-refractivity contribution < 1.29 is 4.42 Å². The van der Waals surface area contributed by atoms with E-state index in [1.807, 2.05) is 0 Å². The summed E-state index contributed by atoms with van der Waals surface area (Å²) in [4.78, 5) is 19.2. The Labute approximate surface area is 574 Å². The van der Waals surface area contributed by atoms with Gasteiger partial charge in [0.2, 0.25) is 13.4 Å². The number of aromatic nitrogens is 1. The summed E-state index contributed by atoms with van der Waals surface area (Å²) in [6.07, 6.45) is 0. The summed E-state index contributed by atoms with van der Waals surface area (Å²) in [6, 6.07) is 108. The molecule has 5 heteroatoms. The molecule has 0 aliphatic heterocycles. The van der Waals surface area contributed by atoms with Crippen LogP contribution >= 0.6 is 0 Å². The lowest BCUT2D eigenvalue weighted by Crippen LogP contribution is -2.57. The topological polar surface area (TPSA) is 35.1 Å². The maximum Gasteiger partial charge on any atom is 0.243 e. The molecule has 2 heterocycles. The monoisotopic (exact) mass is 1260 g/mol. The fourth-order valence-electron chi connectivity index (χ4n) is 16.3. The van der Waals surface area contributed by atoms with Gasteiger partial charge in [-0.2, -0.15) is 0 Å². The van der Waals surface area contributed by atoms with E-state index in [0.717, 1.165) is 160 Å². The molecule has 0 aliphatic rings. The number of rotatable bonds is 11. The van der Waals surface area contributed by atoms with Gasteiger partial charge < -0.3 is 8.98 Å². The highest BCUT2D eigenvalue weighted by Crippen LogP contribution is 2.40. The van der Waals surface area contributed by atoms with Crippen LogP contribution in [0.15, 0.2) is 306 Å². The van der Waals surface area contributed by atoms with Gasteiger partial charge in [-0.25, -0.2) is 0 Å². The molecule has 2 aromatic heterocycles. The third-order valence-corrected chi connectivity index (χ3v) is 20.8. The van der Waals surface area contributed by atoms with Crippen molar-refractivity contribution in [2.75, 3.05) is 0 Å². The van der Waals surface area contributed by atoms with Crippen molar-refractivity contribution in [1.82, 2.24) is 4.57 Å². The summed E-state index contributed by atoms with van der Waals surface area (Å²) in [5, 5.41) is 6.78. The van der Waals surface area contributed by atoms with Crippen molar-refractivity contribution in [2.45, 2.75) is 55.4 Å². The Morgan fingerprint density at radius 3 is 0.959 bits per heavy atom. The molecule has 0 atom stereocenters. The van der Waals surface area contributed by atoms with Crippen LogP contribution in [0.1, 0.15) is 44.5 Å². The van der Waals surface area contributed by atoms with Crippen LogP contribution in [0, 0.1) is 55.4 Å². The van der Waals surface area contributed by atoms with Gasteiger partial charge in [-0.3, -0.25) is 4.79 Å². The second kappa shape index (κ2) is 25.2. The van der Waals surface area contributed by atoms with Crippen LogP contribution in [-0.2, 0) is 0 Å². The minimum atomic E-state index is -0.427. The minimum absolute atomic E-state index is 0.0517. The van der Waals surface area contributed by atoms with Gasteiger partial charge in [-0.05, 0) is 159 Å². The van der Waals surface area contributed by atoms with E-state index < -0.39 is 13.4 Å². The molecular formula is C93H73B2NO2. The molecule has 0 unspecified atom stereocenters. The number of para-hydroxylation sites is 2. The third-order valence-electron chi connectivity index (χ3n) is 20.8. The van der Waals surface area contributed by atoms with Gasteiger partial charge in [0.15, 0.2) is 11.0 Å². The van der Waals surface area contributed by atoms with Gasteiger partial charge >= 0.3 is 0 Å². The number of hydrogen-bond acceptors (Lipinski definition) is 2. The first-order chi connectivity index (χ1) is 47.9. The Balaban J connectivity index is 1.30. The fraction of sp³-hybridized carbons (Fsp3) is 0.0860. The average molecular weight is 1260 g/mol. The second-order valence-corrected chi connectivity index (χ2v) is 26.9. The predicted octanol–water partition coefficient (Wildman–Crippen LogP) is 19.6. The Bertz CT molecular complexity index is 5500. The van der Waals surface area contributed by atoms with Crippen LogP contribution in [0.25, 0.3) is 115 Å². The lowest BCUT2D eigenvalue weighted by Gasteiger charge is -2.27. The summed E-state index contributed by atoms with van der Waals surface area (Å²) < 4.78 is 9.75. The Kier molecular flexibility index (Phi) is 15.8. The molecule has 16 aromatic rings. The summed E-state index contributed by atoms with van der Waals surface area (Å²) >= 11 is 0. The first-order valence-corrected chi connectivity index (χ1v) is 34.2. The van der Waals surface area contributed by atoms with E-state index in [1.54, 1.807) is 0 Å². The van der Waals surface area contributed by atoms with Crippen LogP contribution < -0.4 is 38.2 Å². The van der Waals surface area contributed by atoms with Gasteiger partial charge in [0.05, 0.1) is 16.7 Å². The van der Waals surface area contributed by atoms with Crippen molar-refractivity contribution in [2.24, 2.45) is 0 Å². The van der Waals surface area contributed by atoms with E-state index in [4.69, 9.17) is 4.42 Å². The summed E-state index contributed by atoms with van der Waals surface area (Å²) in [6.45, 7) is 17.2. The molecule has 0 aliphatic carbocycles. The highest BCUT2D eigenvalue weighted by molar-refractivity contribution is 6.99. The van der Waals surface area contributed by atoms with E-state index in [1.165, 1.54) is 21.9 Å². The minimum Gasteiger partial charge on any atom is -0.454 e. The van der Waals surface area contributed by atoms with Crippen LogP contribution in [0.4, 0.5) is 0 Å². The van der Waals surface area contributed by atoms with Gasteiger partial charge in [0.1, 0.15) is 5.58 Å². The third kappa shape index (κ3) is 10.6. The van der Waals surface area contributed by atoms with Gasteiger partial charge in [-0.1, -0.05) is 326 Å². The summed E-state index contributed by atoms with van der Waals surface area (Å²) in [5.41, 5.74) is 28.2. The molecule has 0 spiro atoms. The average Bonchev–Trinajstić information content (AvgIpc) is 0.736. The SMILES string of the molecule is Cc1cccc(C)c1B(c1c(C)cccc1C)c1cc(-c2ccccc2)cc2c1c(=O)c1c(B(c3c(C)cccc3C)c3c(C)cccc3C)cc(-c3ccccc3)cc1c1cc(-c3ccccc3)ccc1n(-c1cccc3c1oc1ccccc13)c1ccc(-c3ccccc3)cc21. The van der Waals surface area contributed by atoms with Crippen molar-refractivity contribution in [1.29, 1.82) is 0 Å². The molecule has 0 saturated carbocycles. The standard InChI is InChI=1S/C93H73B2NO2/c1-58-28-23-29-59(2)88(58)94(89-60(3)30-24-31-61(89)4)80-56-72(68-40-17-11-18-41-68)54-78-76-52-70(66-36-13-9-14-37-66)48-50-82(76)96(84-46-27-45-75-74-44-21-22-47-85(74)98-93(75)84)83-51-49-71(67-38-15-10-16-39-67)53-77(83)79-55-73(69-42-19-12-20-43-69)57-81(87(79)92(97)86(78)80)95(90-62(5)32-25-33-63(90)6)91-64(7)34-26-35-65(91)8/h9-57H,1-8H3. The number of aryl methyl sites for hydroxylation is 8. The van der Waals surface area contributed by atoms with Crippen molar-refractivity contribution >= 4 is 111 Å². The van der Waals surface area contributed by atoms with Crippen molar-refractivity contribution in [3.8, 4) is 50.2 Å². The second-order valence-electron chi connectivity index (χ2n) is 26.9. The maximum absolute atomic E-state index is 19.2. The molecule has 14 aromatic carbocycles. The van der Waals surface area contributed by atoms with Gasteiger partial charge in [0, 0.05) is 32.3 Å². The van der Waals surface area contributed by atoms with E-state index in [9.17, 15) is 0 Å². The van der Waals surface area contributed by atoms with Crippen molar-refractivity contribution in [3.63, 3.8) is 0 Å². The van der Waals surface area contributed by atoms with Crippen molar-refractivity contribution in [3.05, 3.63) is 352 Å². The lowest BCUT2D eigenvalue weighted by atomic mass is 9.33. The molecule has 468 valence electrons. The van der Waals surface area contributed by atoms with Gasteiger partial charge in [0.25, 0.3) is 0 Å². The Morgan fingerprint density at radius 2 is 0.582 bits per heavy atom. The molecule has 16 rings (SSSR count). The predicted molar refractivity (Wildman–Crippen MR) is 422 cm³/mol. The van der Waals surface area contributed by atoms with Crippen LogP contribution in [0.2, 0.25) is 0 Å². The number of benzene rings is 14. The van der Waals surface area contributed by atoms with Gasteiger partial charge in [-0.15, -0.1) is 0 Å². The number of nitrogens with zero attached hydrogens (tertiary/aromatic N) is 1. The molecule has 0 saturated heterocycles. The first kappa shape index (κ1) is 61.4. The number of fused-ring (bicyclic) bond motifs is 9. The van der Waals surface area contributed by atoms with E-state index in [2.05, 4.69) is 357 Å². The molecule has 98 heavy (non-hydrogen) atoms. The quantitative estimate of drug-likeness (QED) is 0.121. The smallest absolute Gasteiger partial charge is 0.243 e. The van der Waals surface area contributed by atoms with Crippen LogP contribution in [-0.4, -0.2) is 18.0 Å². The highest BCUT2D eigenvalue weighted by Gasteiger charge is 2.35. The fourth-order valence-corrected chi connectivity index (χ4v) is 16.3. The molecule has 0 fully saturated rings. The molecule has 0 radical (unpaired) electrons. The zero-order valence-electron chi connectivity index (χ0n) is 56.7. The first-order valence-electron chi connectivity index (χ1n) is 34.2. The normalized spacial score (nSPS) is 11.5. The summed E-state index contributed by atoms with van der Waals surface area (Å²) in [5.74, 6) is 0. The maximum atomic E-state index is 19.2. The highest BCUT2D eigenvalue weighted by atomic mass is 16.3. The zero-order valence-corrected chi connectivity index (χ0v) is 56.7. The van der Waals surface area contributed by atoms with E-state index >= 15 is 4.79 Å². The molecule has 0 amide bonds. The molecule has 0 bridgehead atoms. The molecular weight excluding hydrogens is 1180 g/mol. The molecule has 0 N–H and O–H groups in total. The van der Waals surface area contributed by atoms with Crippen LogP contribution in [0.3, 0.4) is 0 Å². The lowest BCUT2D eigenvalue weighted by molar-refractivity contribution is 0.666. The molecule has 3 nitrogen and oxygen atoms in total. The summed E-state index contributed by atoms with van der Waals surface area (Å²) in [7, 11) is 0. The van der Waals surface area contributed by atoms with Crippen LogP contribution in [0.5, 0.6) is 0 Å². The largest absolute Gasteiger partial charge is 0.454 e. The zero-order chi connectivity index (χ0) is 66.9. The number of furan rings is 1. The van der Waals surface area contributed by atoms with E-state index in [0.29, 0.717) is 10.8 Å². The van der Waals surface area contributed by atoms with E-state index in [-0.39, 0.29) is 5.43 Å².